The Morgan fingerprint density at radius 1 is 2.00 bits per heavy atom. The molecular weight excluding hydrogens is 112 g/mol. The molecule has 7 heavy (non-hydrogen) atoms. The van der Waals surface area contributed by atoms with E-state index >= 15 is 0 Å². The predicted octanol–water partition coefficient (Wildman–Crippen LogP) is 1.57. The van der Waals surface area contributed by atoms with Crippen molar-refractivity contribution >= 4 is 16.8 Å². The average molecular weight is 119 g/mol. The number of hydrogen-bond donors (Lipinski definition) is 0. The highest BCUT2D eigenvalue weighted by atomic mass is 35.5. The van der Waals surface area contributed by atoms with Crippen molar-refractivity contribution in [3.8, 4) is 0 Å². The van der Waals surface area contributed by atoms with Gasteiger partial charge in [-0.3, -0.25) is 4.79 Å². The first-order valence-electron chi connectivity index (χ1n) is 2.00. The minimum Gasteiger partial charge on any atom is -0.281 e. The number of rotatable bonds is 2. The van der Waals surface area contributed by atoms with Crippen LogP contribution < -0.4 is 0 Å². The van der Waals surface area contributed by atoms with Crippen molar-refractivity contribution < 1.29 is 4.79 Å². The molecule has 0 aliphatic carbocycles. The number of halogens is 1. The van der Waals surface area contributed by atoms with Crippen LogP contribution in [0.5, 0.6) is 0 Å². The van der Waals surface area contributed by atoms with Crippen LogP contribution in [-0.2, 0) is 4.79 Å². The summed E-state index contributed by atoms with van der Waals surface area (Å²) in [7, 11) is 0. The van der Waals surface area contributed by atoms with Gasteiger partial charge in [0.2, 0.25) is 5.24 Å². The molecule has 0 heterocycles. The highest BCUT2D eigenvalue weighted by Gasteiger charge is 2.01. The van der Waals surface area contributed by atoms with Crippen molar-refractivity contribution in [2.45, 2.75) is 6.92 Å². The van der Waals surface area contributed by atoms with Crippen LogP contribution in [-0.4, -0.2) is 5.24 Å². The van der Waals surface area contributed by atoms with E-state index in [0.29, 0.717) is 0 Å². The molecule has 0 radical (unpaired) electrons. The molecule has 0 bridgehead atoms. The third kappa shape index (κ3) is 2.40. The van der Waals surface area contributed by atoms with Crippen molar-refractivity contribution in [1.29, 1.82) is 0 Å². The molecule has 0 aromatic carbocycles. The lowest BCUT2D eigenvalue weighted by Gasteiger charge is -1.91. The summed E-state index contributed by atoms with van der Waals surface area (Å²) in [5.74, 6) is -0.207. The second kappa shape index (κ2) is 2.80. The quantitative estimate of drug-likeness (QED) is 0.397. The fourth-order valence-corrected chi connectivity index (χ4v) is 0.182. The molecule has 2 heteroatoms. The summed E-state index contributed by atoms with van der Waals surface area (Å²) in [5.41, 5.74) is 0. The monoisotopic (exact) mass is 118 g/mol. The number of carbonyl (C=O) groups is 1. The van der Waals surface area contributed by atoms with Crippen molar-refractivity contribution in [3.63, 3.8) is 0 Å². The Morgan fingerprint density at radius 2 is 2.43 bits per heavy atom. The third-order valence-electron chi connectivity index (χ3n) is 0.712. The van der Waals surface area contributed by atoms with Gasteiger partial charge in [-0.15, -0.1) is 6.58 Å². The smallest absolute Gasteiger partial charge is 0.228 e. The summed E-state index contributed by atoms with van der Waals surface area (Å²) in [6.07, 6.45) is 1.51. The van der Waals surface area contributed by atoms with Gasteiger partial charge in [-0.05, 0) is 11.6 Å². The van der Waals surface area contributed by atoms with Gasteiger partial charge >= 0.3 is 0 Å². The summed E-state index contributed by atoms with van der Waals surface area (Å²) in [6.45, 7) is 5.07. The zero-order chi connectivity index (χ0) is 5.86. The summed E-state index contributed by atoms with van der Waals surface area (Å²) in [4.78, 5) is 10.1. The molecule has 0 aliphatic rings. The van der Waals surface area contributed by atoms with Gasteiger partial charge in [0.1, 0.15) is 0 Å². The molecule has 0 aromatic rings. The molecule has 0 amide bonds. The van der Waals surface area contributed by atoms with E-state index in [0.717, 1.165) is 0 Å². The Bertz CT molecular complexity index is 88.1. The molecular formula is C5H7ClO. The number of allylic oxidation sites excluding steroid dienone is 1. The summed E-state index contributed by atoms with van der Waals surface area (Å²) in [5, 5.41) is -0.352. The van der Waals surface area contributed by atoms with E-state index in [9.17, 15) is 4.79 Å². The van der Waals surface area contributed by atoms with Crippen LogP contribution in [0.2, 0.25) is 0 Å². The molecule has 0 N–H and O–H groups in total. The molecule has 0 spiro atoms. The fourth-order valence-electron chi connectivity index (χ4n) is 0.0927. The van der Waals surface area contributed by atoms with Gasteiger partial charge in [0.25, 0.3) is 0 Å². The standard InChI is InChI=1S/C5H7ClO/c1-3-4(2)5(6)7/h3-4H,1H2,2H3/t4-/m1/s1. The van der Waals surface area contributed by atoms with E-state index in [1.165, 1.54) is 6.08 Å². The Balaban J connectivity index is 3.55. The molecule has 0 rings (SSSR count). The van der Waals surface area contributed by atoms with Crippen molar-refractivity contribution in [1.82, 2.24) is 0 Å². The van der Waals surface area contributed by atoms with Crippen LogP contribution in [0.1, 0.15) is 6.92 Å². The Kier molecular flexibility index (Phi) is 2.68. The summed E-state index contributed by atoms with van der Waals surface area (Å²) < 4.78 is 0. The van der Waals surface area contributed by atoms with Crippen molar-refractivity contribution in [2.75, 3.05) is 0 Å². The predicted molar refractivity (Wildman–Crippen MR) is 30.2 cm³/mol. The third-order valence-corrected chi connectivity index (χ3v) is 1.06. The van der Waals surface area contributed by atoms with E-state index in [4.69, 9.17) is 11.6 Å². The maximum Gasteiger partial charge on any atom is 0.228 e. The maximum absolute atomic E-state index is 10.1. The Hall–Kier alpha value is -0.300. The molecule has 40 valence electrons. The molecule has 0 fully saturated rings. The summed E-state index contributed by atoms with van der Waals surface area (Å²) >= 11 is 5.02. The van der Waals surface area contributed by atoms with Gasteiger partial charge in [-0.2, -0.15) is 0 Å². The highest BCUT2D eigenvalue weighted by Crippen LogP contribution is 1.99. The van der Waals surface area contributed by atoms with Crippen LogP contribution in [0.4, 0.5) is 0 Å². The lowest BCUT2D eigenvalue weighted by Crippen LogP contribution is -1.97. The van der Waals surface area contributed by atoms with E-state index in [2.05, 4.69) is 6.58 Å². The lowest BCUT2D eigenvalue weighted by atomic mass is 10.2. The lowest BCUT2D eigenvalue weighted by molar-refractivity contribution is -0.113. The van der Waals surface area contributed by atoms with Crippen LogP contribution in [0.25, 0.3) is 0 Å². The van der Waals surface area contributed by atoms with Crippen LogP contribution >= 0.6 is 11.6 Å². The second-order valence-electron chi connectivity index (χ2n) is 1.33. The first-order chi connectivity index (χ1) is 3.18. The molecule has 1 atom stereocenters. The van der Waals surface area contributed by atoms with Gasteiger partial charge in [0, 0.05) is 5.92 Å². The minimum atomic E-state index is -0.352. The maximum atomic E-state index is 10.1. The topological polar surface area (TPSA) is 17.1 Å². The molecule has 0 aliphatic heterocycles. The molecule has 0 saturated carbocycles. The largest absolute Gasteiger partial charge is 0.281 e. The SMILES string of the molecule is C=C[C@@H](C)C(=O)Cl. The van der Waals surface area contributed by atoms with Gasteiger partial charge in [-0.25, -0.2) is 0 Å². The zero-order valence-electron chi connectivity index (χ0n) is 4.15. The number of carbonyl (C=O) groups excluding carboxylic acids is 1. The van der Waals surface area contributed by atoms with E-state index < -0.39 is 0 Å². The molecule has 0 aromatic heterocycles. The van der Waals surface area contributed by atoms with Crippen molar-refractivity contribution in [2.24, 2.45) is 5.92 Å². The fraction of sp³-hybridized carbons (Fsp3) is 0.400. The average Bonchev–Trinajstić information content (AvgIpc) is 1.65. The Labute approximate surface area is 48.0 Å². The van der Waals surface area contributed by atoms with E-state index in [1.54, 1.807) is 6.92 Å². The molecule has 0 saturated heterocycles. The normalized spacial score (nSPS) is 12.9. The first-order valence-corrected chi connectivity index (χ1v) is 2.38. The molecule has 1 nitrogen and oxygen atoms in total. The first kappa shape index (κ1) is 6.70. The minimum absolute atomic E-state index is 0.207. The van der Waals surface area contributed by atoms with Crippen LogP contribution in [0, 0.1) is 5.92 Å². The molecule has 0 unspecified atom stereocenters. The van der Waals surface area contributed by atoms with Crippen LogP contribution in [0.15, 0.2) is 12.7 Å². The zero-order valence-corrected chi connectivity index (χ0v) is 4.90. The van der Waals surface area contributed by atoms with Crippen LogP contribution in [0.3, 0.4) is 0 Å². The van der Waals surface area contributed by atoms with E-state index in [-0.39, 0.29) is 11.2 Å². The second-order valence-corrected chi connectivity index (χ2v) is 1.70. The Morgan fingerprint density at radius 3 is 2.43 bits per heavy atom. The number of hydrogen-bond acceptors (Lipinski definition) is 1. The van der Waals surface area contributed by atoms with Crippen molar-refractivity contribution in [3.05, 3.63) is 12.7 Å². The summed E-state index contributed by atoms with van der Waals surface area (Å²) in [6, 6.07) is 0. The van der Waals surface area contributed by atoms with Gasteiger partial charge < -0.3 is 0 Å². The van der Waals surface area contributed by atoms with Gasteiger partial charge in [0.15, 0.2) is 0 Å². The highest BCUT2D eigenvalue weighted by molar-refractivity contribution is 6.64. The van der Waals surface area contributed by atoms with E-state index in [1.807, 2.05) is 0 Å². The van der Waals surface area contributed by atoms with Gasteiger partial charge in [-0.1, -0.05) is 13.0 Å². The van der Waals surface area contributed by atoms with Gasteiger partial charge in [0.05, 0.1) is 0 Å².